The normalized spacial score (nSPS) is 10.8. The quantitative estimate of drug-likeness (QED) is 0.697. The van der Waals surface area contributed by atoms with Crippen LogP contribution in [0.1, 0.15) is 25.8 Å². The maximum absolute atomic E-state index is 5.77. The molecule has 0 aliphatic heterocycles. The molecule has 0 saturated heterocycles. The first kappa shape index (κ1) is 15.8. The molecular weight excluding hydrogens is 240 g/mol. The van der Waals surface area contributed by atoms with Gasteiger partial charge in [-0.15, -0.1) is 0 Å². The predicted octanol–water partition coefficient (Wildman–Crippen LogP) is 2.26. The van der Waals surface area contributed by atoms with E-state index in [2.05, 4.69) is 18.7 Å². The highest BCUT2D eigenvalue weighted by atomic mass is 16.5. The second kappa shape index (κ2) is 8.77. The number of rotatable bonds is 9. The second-order valence-corrected chi connectivity index (χ2v) is 4.42. The molecule has 0 aliphatic carbocycles. The lowest BCUT2D eigenvalue weighted by Gasteiger charge is -2.18. The van der Waals surface area contributed by atoms with E-state index in [9.17, 15) is 0 Å². The number of methoxy groups -OCH3 is 1. The molecule has 4 heteroatoms. The summed E-state index contributed by atoms with van der Waals surface area (Å²) in [6.07, 6.45) is 1.02. The van der Waals surface area contributed by atoms with Gasteiger partial charge >= 0.3 is 0 Å². The molecule has 0 fully saturated rings. The van der Waals surface area contributed by atoms with Crippen LogP contribution < -0.4 is 15.2 Å². The van der Waals surface area contributed by atoms with E-state index in [1.165, 1.54) is 0 Å². The maximum Gasteiger partial charge on any atom is 0.161 e. The first-order valence-electron chi connectivity index (χ1n) is 6.97. The van der Waals surface area contributed by atoms with Crippen molar-refractivity contribution in [2.75, 3.05) is 33.4 Å². The molecule has 1 rings (SSSR count). The molecule has 2 N–H and O–H groups in total. The van der Waals surface area contributed by atoms with Gasteiger partial charge in [0, 0.05) is 13.1 Å². The number of nitrogens with zero attached hydrogens (tertiary/aromatic N) is 1. The molecule has 4 nitrogen and oxygen atoms in total. The van der Waals surface area contributed by atoms with Gasteiger partial charge in [-0.2, -0.15) is 0 Å². The van der Waals surface area contributed by atoms with E-state index in [1.807, 2.05) is 18.2 Å². The van der Waals surface area contributed by atoms with Crippen LogP contribution in [0.2, 0.25) is 0 Å². The summed E-state index contributed by atoms with van der Waals surface area (Å²) in [7, 11) is 1.65. The lowest BCUT2D eigenvalue weighted by Crippen LogP contribution is -2.25. The standard InChI is InChI=1S/C15H26N2O2/c1-4-17(5-2)9-6-10-19-14-8-7-13(12-16)11-15(14)18-3/h7-8,11H,4-6,9-10,12,16H2,1-3H3. The van der Waals surface area contributed by atoms with E-state index in [1.54, 1.807) is 7.11 Å². The Balaban J connectivity index is 2.44. The van der Waals surface area contributed by atoms with Gasteiger partial charge in [-0.1, -0.05) is 19.9 Å². The molecule has 0 bridgehead atoms. The van der Waals surface area contributed by atoms with Gasteiger partial charge in [0.15, 0.2) is 11.5 Å². The van der Waals surface area contributed by atoms with Crippen LogP contribution in [0.5, 0.6) is 11.5 Å². The van der Waals surface area contributed by atoms with Gasteiger partial charge in [-0.25, -0.2) is 0 Å². The molecule has 0 atom stereocenters. The van der Waals surface area contributed by atoms with Crippen molar-refractivity contribution in [3.63, 3.8) is 0 Å². The summed E-state index contributed by atoms with van der Waals surface area (Å²) in [5.74, 6) is 1.55. The summed E-state index contributed by atoms with van der Waals surface area (Å²) >= 11 is 0. The van der Waals surface area contributed by atoms with Crippen molar-refractivity contribution in [3.8, 4) is 11.5 Å². The Bertz CT molecular complexity index is 365. The van der Waals surface area contributed by atoms with Crippen LogP contribution in [-0.4, -0.2) is 38.3 Å². The van der Waals surface area contributed by atoms with Crippen molar-refractivity contribution in [1.82, 2.24) is 4.90 Å². The molecule has 108 valence electrons. The summed E-state index contributed by atoms with van der Waals surface area (Å²) in [4.78, 5) is 2.39. The van der Waals surface area contributed by atoms with Gasteiger partial charge in [0.1, 0.15) is 0 Å². The average molecular weight is 266 g/mol. The van der Waals surface area contributed by atoms with Crippen molar-refractivity contribution in [2.24, 2.45) is 5.73 Å². The number of hydrogen-bond donors (Lipinski definition) is 1. The molecule has 0 radical (unpaired) electrons. The zero-order chi connectivity index (χ0) is 14.1. The third-order valence-corrected chi connectivity index (χ3v) is 3.23. The Hall–Kier alpha value is -1.26. The minimum absolute atomic E-state index is 0.513. The zero-order valence-electron chi connectivity index (χ0n) is 12.3. The number of hydrogen-bond acceptors (Lipinski definition) is 4. The van der Waals surface area contributed by atoms with Crippen molar-refractivity contribution < 1.29 is 9.47 Å². The fourth-order valence-corrected chi connectivity index (χ4v) is 1.97. The molecule has 1 aromatic rings. The molecule has 0 aliphatic rings. The Kier molecular flexibility index (Phi) is 7.30. The monoisotopic (exact) mass is 266 g/mol. The molecule has 0 unspecified atom stereocenters. The van der Waals surface area contributed by atoms with Gasteiger partial charge in [0.25, 0.3) is 0 Å². The van der Waals surface area contributed by atoms with Gasteiger partial charge < -0.3 is 20.1 Å². The third-order valence-electron chi connectivity index (χ3n) is 3.23. The van der Waals surface area contributed by atoms with E-state index in [0.29, 0.717) is 13.2 Å². The van der Waals surface area contributed by atoms with Crippen molar-refractivity contribution in [2.45, 2.75) is 26.8 Å². The Morgan fingerprint density at radius 1 is 1.16 bits per heavy atom. The first-order chi connectivity index (χ1) is 9.24. The second-order valence-electron chi connectivity index (χ2n) is 4.42. The van der Waals surface area contributed by atoms with Gasteiger partial charge in [-0.05, 0) is 37.2 Å². The van der Waals surface area contributed by atoms with Crippen LogP contribution in [0.15, 0.2) is 18.2 Å². The zero-order valence-corrected chi connectivity index (χ0v) is 12.3. The van der Waals surface area contributed by atoms with E-state index >= 15 is 0 Å². The molecule has 0 amide bonds. The SMILES string of the molecule is CCN(CC)CCCOc1ccc(CN)cc1OC. The van der Waals surface area contributed by atoms with Gasteiger partial charge in [0.05, 0.1) is 13.7 Å². The van der Waals surface area contributed by atoms with Gasteiger partial charge in [-0.3, -0.25) is 0 Å². The lowest BCUT2D eigenvalue weighted by atomic mass is 10.2. The molecule has 19 heavy (non-hydrogen) atoms. The average Bonchev–Trinajstić information content (AvgIpc) is 2.47. The van der Waals surface area contributed by atoms with Crippen LogP contribution in [0, 0.1) is 0 Å². The highest BCUT2D eigenvalue weighted by Crippen LogP contribution is 2.27. The maximum atomic E-state index is 5.77. The summed E-state index contributed by atoms with van der Waals surface area (Å²) in [6, 6.07) is 5.83. The van der Waals surface area contributed by atoms with E-state index in [0.717, 1.165) is 43.1 Å². The van der Waals surface area contributed by atoms with E-state index in [-0.39, 0.29) is 0 Å². The highest BCUT2D eigenvalue weighted by Gasteiger charge is 2.05. The Morgan fingerprint density at radius 2 is 1.89 bits per heavy atom. The molecule has 0 heterocycles. The van der Waals surface area contributed by atoms with Crippen LogP contribution in [-0.2, 0) is 6.54 Å². The van der Waals surface area contributed by atoms with Crippen molar-refractivity contribution >= 4 is 0 Å². The Morgan fingerprint density at radius 3 is 2.47 bits per heavy atom. The van der Waals surface area contributed by atoms with Crippen LogP contribution in [0.4, 0.5) is 0 Å². The van der Waals surface area contributed by atoms with E-state index in [4.69, 9.17) is 15.2 Å². The van der Waals surface area contributed by atoms with E-state index < -0.39 is 0 Å². The molecule has 1 aromatic carbocycles. The first-order valence-corrected chi connectivity index (χ1v) is 6.97. The van der Waals surface area contributed by atoms with Gasteiger partial charge in [0.2, 0.25) is 0 Å². The number of benzene rings is 1. The van der Waals surface area contributed by atoms with Crippen molar-refractivity contribution in [3.05, 3.63) is 23.8 Å². The largest absolute Gasteiger partial charge is 0.493 e. The summed E-state index contributed by atoms with van der Waals surface area (Å²) in [5.41, 5.74) is 6.66. The molecule has 0 saturated carbocycles. The minimum Gasteiger partial charge on any atom is -0.493 e. The topological polar surface area (TPSA) is 47.7 Å². The van der Waals surface area contributed by atoms with Crippen LogP contribution >= 0.6 is 0 Å². The summed E-state index contributed by atoms with van der Waals surface area (Å²) < 4.78 is 11.1. The van der Waals surface area contributed by atoms with Crippen LogP contribution in [0.3, 0.4) is 0 Å². The van der Waals surface area contributed by atoms with Crippen LogP contribution in [0.25, 0.3) is 0 Å². The predicted molar refractivity (Wildman–Crippen MR) is 78.8 cm³/mol. The molecular formula is C15H26N2O2. The summed E-state index contributed by atoms with van der Waals surface area (Å²) in [6.45, 7) is 8.82. The van der Waals surface area contributed by atoms with Crippen molar-refractivity contribution in [1.29, 1.82) is 0 Å². The molecule has 0 spiro atoms. The highest BCUT2D eigenvalue weighted by molar-refractivity contribution is 5.42. The summed E-state index contributed by atoms with van der Waals surface area (Å²) in [5, 5.41) is 0. The fourth-order valence-electron chi connectivity index (χ4n) is 1.97. The number of ether oxygens (including phenoxy) is 2. The Labute approximate surface area is 116 Å². The lowest BCUT2D eigenvalue weighted by molar-refractivity contribution is 0.242. The number of nitrogens with two attached hydrogens (primary N) is 1. The minimum atomic E-state index is 0.513. The third kappa shape index (κ3) is 5.09. The molecule has 0 aromatic heterocycles. The smallest absolute Gasteiger partial charge is 0.161 e. The fraction of sp³-hybridized carbons (Fsp3) is 0.600.